The van der Waals surface area contributed by atoms with Crippen LogP contribution in [0.1, 0.15) is 0 Å². The molecule has 0 spiro atoms. The molecule has 0 aliphatic heterocycles. The Morgan fingerprint density at radius 2 is 1.90 bits per heavy atom. The number of nitrogens with one attached hydrogen (secondary N) is 1. The predicted octanol–water partition coefficient (Wildman–Crippen LogP) is -1.00. The average Bonchev–Trinajstić information content (AvgIpc) is 2.72. The first-order valence-corrected chi connectivity index (χ1v) is 8.83. The Labute approximate surface area is 120 Å². The number of nitrogen functional groups attached to an aromatic ring is 1. The van der Waals surface area contributed by atoms with Crippen LogP contribution in [0.5, 0.6) is 0 Å². The third-order valence-electron chi connectivity index (χ3n) is 2.44. The molecule has 0 atom stereocenters. The molecule has 0 unspecified atom stereocenters. The van der Waals surface area contributed by atoms with Gasteiger partial charge in [0, 0.05) is 6.26 Å². The third-order valence-corrected chi connectivity index (χ3v) is 4.93. The maximum Gasteiger partial charge on any atom is 0.277 e. The van der Waals surface area contributed by atoms with E-state index in [1.807, 2.05) is 0 Å². The van der Waals surface area contributed by atoms with Gasteiger partial charge in [-0.15, -0.1) is 5.10 Å². The van der Waals surface area contributed by atoms with E-state index in [1.165, 1.54) is 19.2 Å². The fraction of sp³-hybridized carbons (Fsp3) is 0.222. The Hall–Kier alpha value is -2.21. The summed E-state index contributed by atoms with van der Waals surface area (Å²) in [6.45, 7) is 0. The maximum atomic E-state index is 12.2. The molecular weight excluding hydrogens is 320 g/mol. The summed E-state index contributed by atoms with van der Waals surface area (Å²) in [5.74, 6) is -0.248. The smallest absolute Gasteiger partial charge is 0.277 e. The molecule has 12 heteroatoms. The minimum Gasteiger partial charge on any atom is -0.398 e. The molecule has 0 aliphatic rings. The molecule has 0 fully saturated rings. The Morgan fingerprint density at radius 1 is 1.24 bits per heavy atom. The molecule has 1 aromatic carbocycles. The zero-order chi connectivity index (χ0) is 15.8. The van der Waals surface area contributed by atoms with E-state index in [-0.39, 0.29) is 21.4 Å². The van der Waals surface area contributed by atoms with Gasteiger partial charge < -0.3 is 5.73 Å². The van der Waals surface area contributed by atoms with Crippen LogP contribution in [0.4, 0.5) is 11.6 Å². The number of sulfonamides is 1. The lowest BCUT2D eigenvalue weighted by Crippen LogP contribution is -2.16. The van der Waals surface area contributed by atoms with Crippen molar-refractivity contribution in [2.45, 2.75) is 9.79 Å². The van der Waals surface area contributed by atoms with Crippen molar-refractivity contribution in [1.29, 1.82) is 0 Å². The monoisotopic (exact) mass is 332 g/mol. The van der Waals surface area contributed by atoms with Crippen LogP contribution in [-0.2, 0) is 26.9 Å². The van der Waals surface area contributed by atoms with Crippen LogP contribution in [0.25, 0.3) is 0 Å². The van der Waals surface area contributed by atoms with Crippen LogP contribution in [0.2, 0.25) is 0 Å². The first-order valence-electron chi connectivity index (χ1n) is 5.46. The van der Waals surface area contributed by atoms with E-state index in [9.17, 15) is 16.8 Å². The number of rotatable bonds is 4. The van der Waals surface area contributed by atoms with Crippen molar-refractivity contribution in [3.8, 4) is 0 Å². The number of hydrogen-bond donors (Lipinski definition) is 2. The lowest BCUT2D eigenvalue weighted by molar-refractivity contribution is 0.599. The molecule has 0 saturated heterocycles. The molecule has 21 heavy (non-hydrogen) atoms. The molecule has 1 aromatic heterocycles. The Balaban J connectivity index is 2.49. The zero-order valence-corrected chi connectivity index (χ0v) is 12.7. The number of nitrogens with zero attached hydrogens (tertiary/aromatic N) is 4. The summed E-state index contributed by atoms with van der Waals surface area (Å²) < 4.78 is 49.5. The van der Waals surface area contributed by atoms with Crippen molar-refractivity contribution >= 4 is 31.5 Å². The van der Waals surface area contributed by atoms with E-state index in [2.05, 4.69) is 20.1 Å². The van der Waals surface area contributed by atoms with Gasteiger partial charge in [0.15, 0.2) is 9.84 Å². The van der Waals surface area contributed by atoms with E-state index in [4.69, 9.17) is 5.73 Å². The fourth-order valence-corrected chi connectivity index (χ4v) is 3.29. The van der Waals surface area contributed by atoms with E-state index < -0.39 is 19.9 Å². The number of aryl methyl sites for hydroxylation is 1. The topological polar surface area (TPSA) is 150 Å². The lowest BCUT2D eigenvalue weighted by atomic mass is 10.3. The van der Waals surface area contributed by atoms with Gasteiger partial charge in [-0.3, -0.25) is 0 Å². The molecule has 0 amide bonds. The number of sulfone groups is 1. The summed E-state index contributed by atoms with van der Waals surface area (Å²) in [6.07, 6.45) is 0.965. The SMILES string of the molecule is Cn1nnc(NS(=O)(=O)c2cc(S(C)(=O)=O)ccc2N)n1. The summed E-state index contributed by atoms with van der Waals surface area (Å²) in [7, 11) is -6.24. The summed E-state index contributed by atoms with van der Waals surface area (Å²) in [5, 5.41) is 10.6. The normalized spacial score (nSPS) is 12.3. The van der Waals surface area contributed by atoms with Gasteiger partial charge in [0.2, 0.25) is 0 Å². The molecular formula is C9H12N6O4S2. The van der Waals surface area contributed by atoms with E-state index >= 15 is 0 Å². The summed E-state index contributed by atoms with van der Waals surface area (Å²) in [4.78, 5) is 0.524. The van der Waals surface area contributed by atoms with Gasteiger partial charge in [-0.1, -0.05) is 5.10 Å². The molecule has 3 N–H and O–H groups in total. The Morgan fingerprint density at radius 3 is 2.43 bits per heavy atom. The van der Waals surface area contributed by atoms with Crippen LogP contribution in [0.3, 0.4) is 0 Å². The molecule has 0 saturated carbocycles. The van der Waals surface area contributed by atoms with Crippen LogP contribution < -0.4 is 10.5 Å². The number of tetrazole rings is 1. The highest BCUT2D eigenvalue weighted by Gasteiger charge is 2.22. The highest BCUT2D eigenvalue weighted by Crippen LogP contribution is 2.23. The van der Waals surface area contributed by atoms with Crippen molar-refractivity contribution in [3.05, 3.63) is 18.2 Å². The van der Waals surface area contributed by atoms with Gasteiger partial charge in [0.05, 0.1) is 17.6 Å². The van der Waals surface area contributed by atoms with Gasteiger partial charge >= 0.3 is 0 Å². The van der Waals surface area contributed by atoms with Crippen molar-refractivity contribution in [2.24, 2.45) is 7.05 Å². The first-order chi connectivity index (χ1) is 9.59. The molecule has 2 aromatic rings. The van der Waals surface area contributed by atoms with Crippen molar-refractivity contribution in [2.75, 3.05) is 16.7 Å². The first kappa shape index (κ1) is 15.2. The molecule has 10 nitrogen and oxygen atoms in total. The molecule has 0 radical (unpaired) electrons. The van der Waals surface area contributed by atoms with Gasteiger partial charge in [-0.2, -0.15) is 4.80 Å². The second-order valence-electron chi connectivity index (χ2n) is 4.18. The minimum atomic E-state index is -4.13. The average molecular weight is 332 g/mol. The second-order valence-corrected chi connectivity index (χ2v) is 7.85. The molecule has 1 heterocycles. The molecule has 0 aliphatic carbocycles. The number of nitrogens with two attached hydrogens (primary N) is 1. The van der Waals surface area contributed by atoms with Crippen LogP contribution >= 0.6 is 0 Å². The minimum absolute atomic E-state index is 0.0983. The van der Waals surface area contributed by atoms with Gasteiger partial charge in [-0.25, -0.2) is 21.6 Å². The third kappa shape index (κ3) is 3.28. The standard InChI is InChI=1S/C9H12N6O4S2/c1-15-12-9(11-14-15)13-21(18,19)8-5-6(20(2,16)17)3-4-7(8)10/h3-5H,10H2,1-2H3,(H,12,13). The quantitative estimate of drug-likeness (QED) is 0.676. The maximum absolute atomic E-state index is 12.2. The summed E-state index contributed by atoms with van der Waals surface area (Å²) in [6, 6.07) is 3.41. The van der Waals surface area contributed by atoms with Gasteiger partial charge in [0.1, 0.15) is 4.90 Å². The zero-order valence-electron chi connectivity index (χ0n) is 11.0. The predicted molar refractivity (Wildman–Crippen MR) is 73.6 cm³/mol. The number of anilines is 2. The number of benzene rings is 1. The molecule has 114 valence electrons. The van der Waals surface area contributed by atoms with Crippen LogP contribution in [-0.4, -0.2) is 43.3 Å². The number of aromatic nitrogens is 4. The molecule has 2 rings (SSSR count). The van der Waals surface area contributed by atoms with E-state index in [0.29, 0.717) is 0 Å². The fourth-order valence-electron chi connectivity index (χ4n) is 1.48. The van der Waals surface area contributed by atoms with Crippen LogP contribution in [0, 0.1) is 0 Å². The van der Waals surface area contributed by atoms with Gasteiger partial charge in [-0.05, 0) is 23.4 Å². The lowest BCUT2D eigenvalue weighted by Gasteiger charge is -2.08. The van der Waals surface area contributed by atoms with Crippen molar-refractivity contribution < 1.29 is 16.8 Å². The highest BCUT2D eigenvalue weighted by molar-refractivity contribution is 7.93. The summed E-state index contributed by atoms with van der Waals surface area (Å²) >= 11 is 0. The molecule has 0 bridgehead atoms. The largest absolute Gasteiger partial charge is 0.398 e. The van der Waals surface area contributed by atoms with E-state index in [1.54, 1.807) is 0 Å². The van der Waals surface area contributed by atoms with E-state index in [0.717, 1.165) is 17.1 Å². The Kier molecular flexibility index (Phi) is 3.59. The number of hydrogen-bond acceptors (Lipinski definition) is 8. The Bertz CT molecular complexity index is 887. The van der Waals surface area contributed by atoms with Gasteiger partial charge in [0.25, 0.3) is 16.0 Å². The van der Waals surface area contributed by atoms with Crippen molar-refractivity contribution in [1.82, 2.24) is 20.2 Å². The summed E-state index contributed by atoms with van der Waals surface area (Å²) in [5.41, 5.74) is 5.50. The second kappa shape index (κ2) is 4.96. The van der Waals surface area contributed by atoms with Crippen LogP contribution in [0.15, 0.2) is 28.0 Å². The van der Waals surface area contributed by atoms with Crippen molar-refractivity contribution in [3.63, 3.8) is 0 Å². The highest BCUT2D eigenvalue weighted by atomic mass is 32.2.